The topological polar surface area (TPSA) is 86.8 Å². The van der Waals surface area contributed by atoms with E-state index >= 15 is 0 Å². The molecule has 1 saturated carbocycles. The van der Waals surface area contributed by atoms with Crippen LogP contribution in [0, 0.1) is 5.92 Å². The second-order valence-electron chi connectivity index (χ2n) is 9.17. The highest BCUT2D eigenvalue weighted by atomic mass is 16.3. The molecule has 0 spiro atoms. The molecule has 0 unspecified atom stereocenters. The number of pyridine rings is 1. The lowest BCUT2D eigenvalue weighted by molar-refractivity contribution is -0.0778. The second kappa shape index (κ2) is 6.93. The Kier molecular flexibility index (Phi) is 4.13. The minimum atomic E-state index is -0.588. The lowest BCUT2D eigenvalue weighted by atomic mass is 9.70. The summed E-state index contributed by atoms with van der Waals surface area (Å²) >= 11 is 0. The van der Waals surface area contributed by atoms with Crippen molar-refractivity contribution in [2.45, 2.75) is 31.5 Å². The van der Waals surface area contributed by atoms with Crippen molar-refractivity contribution in [1.29, 1.82) is 0 Å². The van der Waals surface area contributed by atoms with Gasteiger partial charge in [-0.1, -0.05) is 48.5 Å². The van der Waals surface area contributed by atoms with Crippen LogP contribution in [0.5, 0.6) is 0 Å². The van der Waals surface area contributed by atoms with Gasteiger partial charge in [-0.25, -0.2) is 9.98 Å². The zero-order chi connectivity index (χ0) is 21.9. The third-order valence-corrected chi connectivity index (χ3v) is 6.67. The molecule has 6 heteroatoms. The monoisotopic (exact) mass is 423 g/mol. The fourth-order valence-electron chi connectivity index (χ4n) is 5.13. The highest BCUT2D eigenvalue weighted by Gasteiger charge is 2.48. The standard InChI is InChI=1S/C26H25N5O/c1-26(32)14-19(15-26)25-30-22(23-24(27)28-11-12-31(23)25)18-8-7-17-9-10-20(29-21(17)13-18)16-5-3-2-4-6-16/h2-13,19,25,30,32H,14-15H2,1H3,(H2,27,28)/t19?,25-,26?/m1/s1. The van der Waals surface area contributed by atoms with Gasteiger partial charge in [-0.3, -0.25) is 0 Å². The lowest BCUT2D eigenvalue weighted by Gasteiger charge is -2.46. The Morgan fingerprint density at radius 2 is 1.84 bits per heavy atom. The summed E-state index contributed by atoms with van der Waals surface area (Å²) in [6.45, 7) is 1.90. The minimum absolute atomic E-state index is 0.0461. The molecule has 0 amide bonds. The molecule has 0 saturated heterocycles. The first-order valence-electron chi connectivity index (χ1n) is 11.0. The molecule has 0 radical (unpaired) electrons. The summed E-state index contributed by atoms with van der Waals surface area (Å²) in [5, 5.41) is 15.1. The molecule has 6 rings (SSSR count). The van der Waals surface area contributed by atoms with E-state index in [0.717, 1.165) is 52.0 Å². The van der Waals surface area contributed by atoms with Crippen molar-refractivity contribution in [3.63, 3.8) is 0 Å². The highest BCUT2D eigenvalue weighted by Crippen LogP contribution is 2.44. The number of hydrogen-bond donors (Lipinski definition) is 3. The van der Waals surface area contributed by atoms with Crippen molar-refractivity contribution in [3.05, 3.63) is 84.3 Å². The smallest absolute Gasteiger partial charge is 0.149 e. The van der Waals surface area contributed by atoms with E-state index in [9.17, 15) is 5.11 Å². The predicted molar refractivity (Wildman–Crippen MR) is 127 cm³/mol. The first-order valence-corrected chi connectivity index (χ1v) is 11.0. The predicted octanol–water partition coefficient (Wildman–Crippen LogP) is 3.80. The van der Waals surface area contributed by atoms with Gasteiger partial charge < -0.3 is 21.1 Å². The molecule has 2 aromatic carbocycles. The van der Waals surface area contributed by atoms with Gasteiger partial charge in [0.15, 0.2) is 0 Å². The summed E-state index contributed by atoms with van der Waals surface area (Å²) in [4.78, 5) is 11.4. The molecule has 3 heterocycles. The van der Waals surface area contributed by atoms with Crippen LogP contribution < -0.4 is 11.1 Å². The Morgan fingerprint density at radius 3 is 2.62 bits per heavy atom. The summed E-state index contributed by atoms with van der Waals surface area (Å²) < 4.78 is 0. The quantitative estimate of drug-likeness (QED) is 0.596. The fourth-order valence-corrected chi connectivity index (χ4v) is 5.13. The average Bonchev–Trinajstić information content (AvgIpc) is 3.18. The van der Waals surface area contributed by atoms with E-state index in [1.807, 2.05) is 31.3 Å². The number of amidine groups is 1. The van der Waals surface area contributed by atoms with Gasteiger partial charge in [0, 0.05) is 34.8 Å². The normalized spacial score (nSPS) is 26.6. The van der Waals surface area contributed by atoms with Gasteiger partial charge in [0.25, 0.3) is 0 Å². The van der Waals surface area contributed by atoms with Crippen LogP contribution in [0.25, 0.3) is 27.9 Å². The molecule has 0 bridgehead atoms. The Labute approximate surface area is 186 Å². The van der Waals surface area contributed by atoms with Crippen LogP contribution in [0.3, 0.4) is 0 Å². The summed E-state index contributed by atoms with van der Waals surface area (Å²) in [6.07, 6.45) is 5.26. The molecule has 32 heavy (non-hydrogen) atoms. The second-order valence-corrected chi connectivity index (χ2v) is 9.17. The molecule has 2 aliphatic heterocycles. The maximum absolute atomic E-state index is 10.3. The number of nitrogens with one attached hydrogen (secondary N) is 1. The number of nitrogens with two attached hydrogens (primary N) is 1. The molecular weight excluding hydrogens is 398 g/mol. The Bertz CT molecular complexity index is 1300. The minimum Gasteiger partial charge on any atom is -0.390 e. The molecular formula is C26H25N5O. The van der Waals surface area contributed by atoms with Crippen molar-refractivity contribution in [2.24, 2.45) is 16.6 Å². The number of aliphatic hydroxyl groups is 1. The van der Waals surface area contributed by atoms with Gasteiger partial charge in [0.2, 0.25) is 0 Å². The van der Waals surface area contributed by atoms with Gasteiger partial charge >= 0.3 is 0 Å². The van der Waals surface area contributed by atoms with Crippen molar-refractivity contribution < 1.29 is 5.11 Å². The fraction of sp³-hybridized carbons (Fsp3) is 0.231. The SMILES string of the molecule is CC1(O)CC([C@@H]2NC(c3ccc4ccc(-c5ccccc5)nc4c3)=C3C(N)=NC=CN32)C1. The third-order valence-electron chi connectivity index (χ3n) is 6.67. The van der Waals surface area contributed by atoms with Gasteiger partial charge in [-0.2, -0.15) is 0 Å². The van der Waals surface area contributed by atoms with E-state index < -0.39 is 5.60 Å². The summed E-state index contributed by atoms with van der Waals surface area (Å²) in [5.74, 6) is 0.825. The molecule has 1 fully saturated rings. The van der Waals surface area contributed by atoms with Crippen LogP contribution in [-0.2, 0) is 0 Å². The number of aliphatic imine (C=N–C) groups is 1. The maximum atomic E-state index is 10.3. The zero-order valence-electron chi connectivity index (χ0n) is 17.9. The van der Waals surface area contributed by atoms with Crippen molar-refractivity contribution in [2.75, 3.05) is 0 Å². The summed E-state index contributed by atoms with van der Waals surface area (Å²) in [6, 6.07) is 20.7. The van der Waals surface area contributed by atoms with Crippen LogP contribution in [0.1, 0.15) is 25.3 Å². The molecule has 6 nitrogen and oxygen atoms in total. The first-order chi connectivity index (χ1) is 15.5. The molecule has 3 aromatic rings. The van der Waals surface area contributed by atoms with E-state index in [2.05, 4.69) is 57.7 Å². The summed E-state index contributed by atoms with van der Waals surface area (Å²) in [7, 11) is 0. The Balaban J connectivity index is 1.40. The van der Waals surface area contributed by atoms with E-state index in [1.54, 1.807) is 6.20 Å². The van der Waals surface area contributed by atoms with Crippen LogP contribution in [0.4, 0.5) is 0 Å². The van der Waals surface area contributed by atoms with E-state index in [-0.39, 0.29) is 6.17 Å². The van der Waals surface area contributed by atoms with E-state index in [0.29, 0.717) is 11.8 Å². The van der Waals surface area contributed by atoms with Crippen LogP contribution in [-0.4, -0.2) is 32.6 Å². The van der Waals surface area contributed by atoms with Crippen molar-refractivity contribution in [1.82, 2.24) is 15.2 Å². The molecule has 1 aromatic heterocycles. The molecule has 1 atom stereocenters. The first kappa shape index (κ1) is 19.1. The Morgan fingerprint density at radius 1 is 1.06 bits per heavy atom. The van der Waals surface area contributed by atoms with E-state index in [4.69, 9.17) is 10.7 Å². The maximum Gasteiger partial charge on any atom is 0.149 e. The number of hydrogen-bond acceptors (Lipinski definition) is 6. The molecule has 3 aliphatic rings. The van der Waals surface area contributed by atoms with Crippen LogP contribution in [0.2, 0.25) is 0 Å². The van der Waals surface area contributed by atoms with Crippen LogP contribution >= 0.6 is 0 Å². The molecule has 160 valence electrons. The van der Waals surface area contributed by atoms with Crippen molar-refractivity contribution >= 4 is 22.4 Å². The number of benzene rings is 2. The van der Waals surface area contributed by atoms with Gasteiger partial charge in [-0.15, -0.1) is 0 Å². The van der Waals surface area contributed by atoms with E-state index in [1.165, 1.54) is 0 Å². The van der Waals surface area contributed by atoms with Gasteiger partial charge in [0.1, 0.15) is 17.7 Å². The number of rotatable bonds is 3. The average molecular weight is 424 g/mol. The van der Waals surface area contributed by atoms with Gasteiger partial charge in [0.05, 0.1) is 22.5 Å². The number of fused-ring (bicyclic) bond motifs is 2. The third kappa shape index (κ3) is 3.07. The number of aromatic nitrogens is 1. The number of nitrogens with zero attached hydrogens (tertiary/aromatic N) is 3. The molecule has 1 aliphatic carbocycles. The zero-order valence-corrected chi connectivity index (χ0v) is 17.9. The Hall–Kier alpha value is -3.64. The van der Waals surface area contributed by atoms with Crippen molar-refractivity contribution in [3.8, 4) is 11.3 Å². The van der Waals surface area contributed by atoms with Crippen LogP contribution in [0.15, 0.2) is 83.8 Å². The molecule has 4 N–H and O–H groups in total. The largest absolute Gasteiger partial charge is 0.390 e. The van der Waals surface area contributed by atoms with Gasteiger partial charge in [-0.05, 0) is 31.9 Å². The lowest BCUT2D eigenvalue weighted by Crippen LogP contribution is -2.53. The summed E-state index contributed by atoms with van der Waals surface area (Å²) in [5.41, 5.74) is 11.6. The highest BCUT2D eigenvalue weighted by molar-refractivity contribution is 6.05.